The van der Waals surface area contributed by atoms with Crippen LogP contribution in [-0.2, 0) is 4.74 Å². The summed E-state index contributed by atoms with van der Waals surface area (Å²) in [5, 5.41) is 27.5. The molecule has 2 heterocycles. The lowest BCUT2D eigenvalue weighted by atomic mass is 10.2. The smallest absolute Gasteiger partial charge is 0.351 e. The van der Waals surface area contributed by atoms with Crippen molar-refractivity contribution in [2.24, 2.45) is 0 Å². The number of nitrogens with one attached hydrogen (secondary N) is 1. The lowest BCUT2D eigenvalue weighted by molar-refractivity contribution is -0.0458. The molecule has 1 aliphatic heterocycles. The first-order chi connectivity index (χ1) is 9.10. The predicted molar refractivity (Wildman–Crippen MR) is 65.6 cm³/mol. The molecule has 104 valence electrons. The molecule has 0 spiro atoms. The quantitative estimate of drug-likeness (QED) is 0.535. The Bertz CT molecular complexity index is 530. The van der Waals surface area contributed by atoms with Crippen molar-refractivity contribution in [1.82, 2.24) is 9.55 Å². The van der Waals surface area contributed by atoms with Gasteiger partial charge in [-0.2, -0.15) is 4.98 Å². The van der Waals surface area contributed by atoms with Crippen LogP contribution < -0.4 is 11.2 Å². The van der Waals surface area contributed by atoms with Crippen LogP contribution in [0.15, 0.2) is 17.6 Å². The van der Waals surface area contributed by atoms with Gasteiger partial charge in [-0.1, -0.05) is 12.7 Å². The van der Waals surface area contributed by atoms with Crippen LogP contribution in [0.25, 0.3) is 6.08 Å². The third kappa shape index (κ3) is 2.51. The molecular formula is C11H15N3O5. The number of aromatic nitrogens is 2. The molecule has 0 bridgehead atoms. The molecule has 0 unspecified atom stereocenters. The van der Waals surface area contributed by atoms with Gasteiger partial charge in [0.25, 0.3) is 0 Å². The van der Waals surface area contributed by atoms with E-state index in [9.17, 15) is 9.90 Å². The molecule has 1 aliphatic rings. The van der Waals surface area contributed by atoms with Gasteiger partial charge in [0.2, 0.25) is 0 Å². The maximum Gasteiger partial charge on any atom is 0.351 e. The normalized spacial score (nSPS) is 26.4. The van der Waals surface area contributed by atoms with E-state index in [0.29, 0.717) is 5.56 Å². The van der Waals surface area contributed by atoms with Crippen LogP contribution >= 0.6 is 0 Å². The SMILES string of the molecule is C=Cc1cn([C@H]2C[C@H](O)[C@@H](CO)O2)c(=O)nc1NO. The van der Waals surface area contributed by atoms with Crippen LogP contribution in [-0.4, -0.2) is 43.8 Å². The fraction of sp³-hybridized carbons (Fsp3) is 0.455. The lowest BCUT2D eigenvalue weighted by Crippen LogP contribution is -2.28. The van der Waals surface area contributed by atoms with Crippen molar-refractivity contribution in [1.29, 1.82) is 0 Å². The van der Waals surface area contributed by atoms with Crippen LogP contribution in [0.2, 0.25) is 0 Å². The van der Waals surface area contributed by atoms with E-state index in [2.05, 4.69) is 11.6 Å². The van der Waals surface area contributed by atoms with Gasteiger partial charge in [0, 0.05) is 18.2 Å². The van der Waals surface area contributed by atoms with Crippen LogP contribution in [0.1, 0.15) is 18.2 Å². The summed E-state index contributed by atoms with van der Waals surface area (Å²) in [6, 6.07) is 0. The second kappa shape index (κ2) is 5.49. The van der Waals surface area contributed by atoms with Crippen molar-refractivity contribution in [3.63, 3.8) is 0 Å². The molecule has 8 heteroatoms. The number of rotatable bonds is 4. The molecule has 19 heavy (non-hydrogen) atoms. The maximum absolute atomic E-state index is 11.8. The van der Waals surface area contributed by atoms with E-state index < -0.39 is 24.1 Å². The van der Waals surface area contributed by atoms with Crippen molar-refractivity contribution >= 4 is 11.9 Å². The summed E-state index contributed by atoms with van der Waals surface area (Å²) in [7, 11) is 0. The fourth-order valence-corrected chi connectivity index (χ4v) is 1.98. The Hall–Kier alpha value is -1.74. The molecule has 3 atom stereocenters. The van der Waals surface area contributed by atoms with Crippen molar-refractivity contribution in [2.45, 2.75) is 24.9 Å². The van der Waals surface area contributed by atoms with Crippen molar-refractivity contribution in [3.8, 4) is 0 Å². The van der Waals surface area contributed by atoms with Gasteiger partial charge in [0.1, 0.15) is 12.3 Å². The number of anilines is 1. The molecule has 8 nitrogen and oxygen atoms in total. The average molecular weight is 269 g/mol. The summed E-state index contributed by atoms with van der Waals surface area (Å²) >= 11 is 0. The zero-order chi connectivity index (χ0) is 14.0. The highest BCUT2D eigenvalue weighted by atomic mass is 16.5. The molecule has 0 amide bonds. The monoisotopic (exact) mass is 269 g/mol. The first kappa shape index (κ1) is 13.7. The summed E-state index contributed by atoms with van der Waals surface area (Å²) in [5.41, 5.74) is 1.58. The van der Waals surface area contributed by atoms with Gasteiger partial charge in [0.05, 0.1) is 12.7 Å². The predicted octanol–water partition coefficient (Wildman–Crippen LogP) is -0.672. The first-order valence-corrected chi connectivity index (χ1v) is 5.70. The minimum absolute atomic E-state index is 0.00602. The molecule has 0 radical (unpaired) electrons. The molecule has 1 aromatic heterocycles. The Morgan fingerprint density at radius 1 is 1.68 bits per heavy atom. The third-order valence-electron chi connectivity index (χ3n) is 3.00. The van der Waals surface area contributed by atoms with E-state index >= 15 is 0 Å². The van der Waals surface area contributed by atoms with E-state index in [1.54, 1.807) is 0 Å². The molecular weight excluding hydrogens is 254 g/mol. The molecule has 0 saturated carbocycles. The Labute approximate surface area is 108 Å². The highest BCUT2D eigenvalue weighted by Crippen LogP contribution is 2.28. The second-order valence-electron chi connectivity index (χ2n) is 4.17. The van der Waals surface area contributed by atoms with Crippen LogP contribution in [0.5, 0.6) is 0 Å². The molecule has 2 rings (SSSR count). The lowest BCUT2D eigenvalue weighted by Gasteiger charge is -2.15. The summed E-state index contributed by atoms with van der Waals surface area (Å²) < 4.78 is 6.56. The second-order valence-corrected chi connectivity index (χ2v) is 4.17. The van der Waals surface area contributed by atoms with Crippen LogP contribution in [0.3, 0.4) is 0 Å². The summed E-state index contributed by atoms with van der Waals surface area (Å²) in [5.74, 6) is -0.00602. The number of nitrogens with zero attached hydrogens (tertiary/aromatic N) is 2. The standard InChI is InChI=1S/C11H15N3O5/c1-2-6-4-14(11(17)12-10(6)13-18)9-3-7(16)8(5-15)19-9/h2,4,7-9,15-16,18H,1,3,5H2,(H,12,13,17)/t7-,8+,9+/m0/s1. The number of ether oxygens (including phenoxy) is 1. The zero-order valence-corrected chi connectivity index (χ0v) is 10.1. The van der Waals surface area contributed by atoms with E-state index in [4.69, 9.17) is 15.1 Å². The first-order valence-electron chi connectivity index (χ1n) is 5.70. The topological polar surface area (TPSA) is 117 Å². The number of aliphatic hydroxyl groups is 2. The van der Waals surface area contributed by atoms with Crippen LogP contribution in [0.4, 0.5) is 5.82 Å². The van der Waals surface area contributed by atoms with E-state index in [-0.39, 0.29) is 18.8 Å². The Morgan fingerprint density at radius 2 is 2.42 bits per heavy atom. The average Bonchev–Trinajstić information content (AvgIpc) is 2.79. The van der Waals surface area contributed by atoms with Gasteiger partial charge in [-0.3, -0.25) is 15.3 Å². The van der Waals surface area contributed by atoms with E-state index in [0.717, 1.165) is 0 Å². The van der Waals surface area contributed by atoms with Crippen molar-refractivity contribution < 1.29 is 20.2 Å². The highest BCUT2D eigenvalue weighted by Gasteiger charge is 2.35. The van der Waals surface area contributed by atoms with Gasteiger partial charge in [0.15, 0.2) is 5.82 Å². The summed E-state index contributed by atoms with van der Waals surface area (Å²) in [6.07, 6.45) is 0.729. The number of aliphatic hydroxyl groups excluding tert-OH is 2. The maximum atomic E-state index is 11.8. The molecule has 1 saturated heterocycles. The zero-order valence-electron chi connectivity index (χ0n) is 10.1. The summed E-state index contributed by atoms with van der Waals surface area (Å²) in [6.45, 7) is 3.22. The minimum Gasteiger partial charge on any atom is -0.394 e. The van der Waals surface area contributed by atoms with Gasteiger partial charge in [-0.15, -0.1) is 0 Å². The Balaban J connectivity index is 2.36. The van der Waals surface area contributed by atoms with Gasteiger partial charge >= 0.3 is 5.69 Å². The molecule has 0 aliphatic carbocycles. The molecule has 4 N–H and O–H groups in total. The Kier molecular flexibility index (Phi) is 3.96. The third-order valence-corrected chi connectivity index (χ3v) is 3.00. The van der Waals surface area contributed by atoms with Crippen LogP contribution in [0, 0.1) is 0 Å². The van der Waals surface area contributed by atoms with E-state index in [1.165, 1.54) is 16.8 Å². The van der Waals surface area contributed by atoms with Gasteiger partial charge < -0.3 is 14.9 Å². The Morgan fingerprint density at radius 3 is 2.95 bits per heavy atom. The summed E-state index contributed by atoms with van der Waals surface area (Å²) in [4.78, 5) is 15.4. The fourth-order valence-electron chi connectivity index (χ4n) is 1.98. The highest BCUT2D eigenvalue weighted by molar-refractivity contribution is 5.59. The minimum atomic E-state index is -0.843. The van der Waals surface area contributed by atoms with Crippen molar-refractivity contribution in [3.05, 3.63) is 28.8 Å². The van der Waals surface area contributed by atoms with Gasteiger partial charge in [-0.25, -0.2) is 4.79 Å². The van der Waals surface area contributed by atoms with Crippen molar-refractivity contribution in [2.75, 3.05) is 12.1 Å². The van der Waals surface area contributed by atoms with Gasteiger partial charge in [-0.05, 0) is 0 Å². The molecule has 1 aromatic rings. The van der Waals surface area contributed by atoms with E-state index in [1.807, 2.05) is 5.48 Å². The molecule has 1 fully saturated rings. The largest absolute Gasteiger partial charge is 0.394 e. The molecule has 0 aromatic carbocycles. The number of hydrogen-bond donors (Lipinski definition) is 4. The number of hydrogen-bond acceptors (Lipinski definition) is 7.